The number of hydrogen-bond donors (Lipinski definition) is 0. The van der Waals surface area contributed by atoms with Crippen LogP contribution in [0.5, 0.6) is 0 Å². The van der Waals surface area contributed by atoms with E-state index >= 15 is 0 Å². The van der Waals surface area contributed by atoms with Crippen molar-refractivity contribution in [1.82, 2.24) is 0 Å². The Morgan fingerprint density at radius 2 is 1.02 bits per heavy atom. The predicted molar refractivity (Wildman–Crippen MR) is 276 cm³/mol. The van der Waals surface area contributed by atoms with E-state index in [0.717, 1.165) is 29.2 Å². The Hall–Kier alpha value is -7.68. The van der Waals surface area contributed by atoms with E-state index in [1.807, 2.05) is 0 Å². The number of fused-ring (bicyclic) bond motifs is 4. The second kappa shape index (κ2) is 16.8. The number of nitrogens with zero attached hydrogens (tertiary/aromatic N) is 2. The third-order valence-electron chi connectivity index (χ3n) is 14.1. The monoisotopic (exact) mass is 836 g/mol. The highest BCUT2D eigenvalue weighted by Crippen LogP contribution is 2.54. The van der Waals surface area contributed by atoms with Gasteiger partial charge >= 0.3 is 0 Å². The molecule has 0 radical (unpaired) electrons. The minimum Gasteiger partial charge on any atom is -0.310 e. The Morgan fingerprint density at radius 1 is 0.462 bits per heavy atom. The summed E-state index contributed by atoms with van der Waals surface area (Å²) in [5.74, 6) is 0.622. The van der Waals surface area contributed by atoms with Crippen LogP contribution in [0.2, 0.25) is 0 Å². The Bertz CT molecular complexity index is 3230. The molecule has 0 aromatic heterocycles. The maximum Gasteiger partial charge on any atom is 0.0539 e. The van der Waals surface area contributed by atoms with Gasteiger partial charge in [-0.1, -0.05) is 197 Å². The molecule has 2 atom stereocenters. The molecule has 2 heteroatoms. The Balaban J connectivity index is 0.943. The molecule has 9 aromatic rings. The third kappa shape index (κ3) is 7.07. The zero-order valence-electron chi connectivity index (χ0n) is 37.3. The average molecular weight is 837 g/mol. The molecule has 9 aromatic carbocycles. The molecule has 0 saturated heterocycles. The van der Waals surface area contributed by atoms with Crippen LogP contribution in [0.25, 0.3) is 38.6 Å². The summed E-state index contributed by atoms with van der Waals surface area (Å²) in [6, 6.07) is 79.9. The lowest BCUT2D eigenvalue weighted by Crippen LogP contribution is -2.27. The molecule has 2 nitrogen and oxygen atoms in total. The average Bonchev–Trinajstić information content (AvgIpc) is 3.63. The van der Waals surface area contributed by atoms with Gasteiger partial charge < -0.3 is 9.80 Å². The maximum atomic E-state index is 2.48. The van der Waals surface area contributed by atoms with E-state index in [4.69, 9.17) is 0 Å². The van der Waals surface area contributed by atoms with E-state index in [-0.39, 0.29) is 11.3 Å². The van der Waals surface area contributed by atoms with Crippen molar-refractivity contribution in [2.24, 2.45) is 5.92 Å². The number of hydrogen-bond acceptors (Lipinski definition) is 2. The third-order valence-corrected chi connectivity index (χ3v) is 14.1. The molecule has 0 fully saturated rings. The summed E-state index contributed by atoms with van der Waals surface area (Å²) in [7, 11) is 0. The first-order valence-corrected chi connectivity index (χ1v) is 23.1. The summed E-state index contributed by atoms with van der Waals surface area (Å²) in [6.45, 7) is 7.16. The van der Waals surface area contributed by atoms with Crippen LogP contribution in [-0.2, 0) is 5.41 Å². The van der Waals surface area contributed by atoms with Gasteiger partial charge in [-0.15, -0.1) is 0 Å². The Kier molecular flexibility index (Phi) is 10.4. The van der Waals surface area contributed by atoms with Crippen LogP contribution in [-0.4, -0.2) is 0 Å². The highest BCUT2D eigenvalue weighted by atomic mass is 15.2. The molecule has 0 amide bonds. The quantitative estimate of drug-likeness (QED) is 0.135. The van der Waals surface area contributed by atoms with Gasteiger partial charge in [0, 0.05) is 45.3 Å². The summed E-state index contributed by atoms with van der Waals surface area (Å²) in [5.41, 5.74) is 18.5. The van der Waals surface area contributed by atoms with Crippen LogP contribution in [0.15, 0.2) is 237 Å². The molecule has 11 rings (SSSR count). The molecule has 0 saturated carbocycles. The van der Waals surface area contributed by atoms with E-state index < -0.39 is 0 Å². The summed E-state index contributed by atoms with van der Waals surface area (Å²) in [5, 5.41) is 2.52. The van der Waals surface area contributed by atoms with Crippen LogP contribution in [0.1, 0.15) is 55.4 Å². The largest absolute Gasteiger partial charge is 0.310 e. The molecule has 0 aliphatic heterocycles. The Labute approximate surface area is 384 Å². The standard InChI is InChI=1S/C63H52N2/c1-44(2)63(3)59-30-15-12-28-57(59)58-42-41-52(43-60(58)63)65(50-23-8-5-9-24-50)62-32-17-14-27-56(62)48-35-33-47(34-36-48)55-26-13-16-31-61(55)64(49-21-6-4-7-22-49)51-39-37-46(38-40-51)54-29-18-20-45-19-10-11-25-53(45)54/h4-35,37-44,48H,36H2,1-3H3. The highest BCUT2D eigenvalue weighted by molar-refractivity contribution is 5.97. The minimum absolute atomic E-state index is 0.0928. The van der Waals surface area contributed by atoms with E-state index in [1.165, 1.54) is 72.2 Å². The normalized spacial score (nSPS) is 16.2. The Morgan fingerprint density at radius 3 is 1.74 bits per heavy atom. The fourth-order valence-electron chi connectivity index (χ4n) is 10.5. The lowest BCUT2D eigenvalue weighted by atomic mass is 9.71. The van der Waals surface area contributed by atoms with Crippen LogP contribution in [0.4, 0.5) is 34.1 Å². The number of anilines is 6. The van der Waals surface area contributed by atoms with Crippen molar-refractivity contribution in [1.29, 1.82) is 0 Å². The fraction of sp³-hybridized carbons (Fsp3) is 0.111. The van der Waals surface area contributed by atoms with Crippen molar-refractivity contribution in [3.05, 3.63) is 259 Å². The smallest absolute Gasteiger partial charge is 0.0539 e. The number of rotatable bonds is 10. The molecular weight excluding hydrogens is 785 g/mol. The molecule has 0 spiro atoms. The van der Waals surface area contributed by atoms with Crippen molar-refractivity contribution < 1.29 is 0 Å². The summed E-state index contributed by atoms with van der Waals surface area (Å²) >= 11 is 0. The van der Waals surface area contributed by atoms with Gasteiger partial charge in [0.2, 0.25) is 0 Å². The minimum atomic E-state index is -0.0928. The second-order valence-corrected chi connectivity index (χ2v) is 18.0. The molecule has 2 aliphatic carbocycles. The van der Waals surface area contributed by atoms with Crippen molar-refractivity contribution in [3.63, 3.8) is 0 Å². The van der Waals surface area contributed by atoms with Gasteiger partial charge in [0.25, 0.3) is 0 Å². The van der Waals surface area contributed by atoms with Gasteiger partial charge in [-0.25, -0.2) is 0 Å². The van der Waals surface area contributed by atoms with Gasteiger partial charge in [-0.05, 0) is 128 Å². The molecule has 0 N–H and O–H groups in total. The molecule has 2 aliphatic rings. The highest BCUT2D eigenvalue weighted by Gasteiger charge is 2.42. The van der Waals surface area contributed by atoms with E-state index in [0.29, 0.717) is 5.92 Å². The zero-order chi connectivity index (χ0) is 43.9. The fourth-order valence-corrected chi connectivity index (χ4v) is 10.5. The maximum absolute atomic E-state index is 2.48. The van der Waals surface area contributed by atoms with Gasteiger partial charge in [0.1, 0.15) is 0 Å². The molecule has 314 valence electrons. The van der Waals surface area contributed by atoms with Crippen LogP contribution >= 0.6 is 0 Å². The van der Waals surface area contributed by atoms with Crippen LogP contribution in [0.3, 0.4) is 0 Å². The first-order valence-electron chi connectivity index (χ1n) is 23.1. The van der Waals surface area contributed by atoms with E-state index in [1.54, 1.807) is 0 Å². The summed E-state index contributed by atoms with van der Waals surface area (Å²) in [4.78, 5) is 4.88. The molecule has 0 bridgehead atoms. The second-order valence-electron chi connectivity index (χ2n) is 18.0. The van der Waals surface area contributed by atoms with Gasteiger partial charge in [-0.2, -0.15) is 0 Å². The van der Waals surface area contributed by atoms with Crippen molar-refractivity contribution in [2.75, 3.05) is 9.80 Å². The number of para-hydroxylation sites is 4. The summed E-state index contributed by atoms with van der Waals surface area (Å²) < 4.78 is 0. The number of benzene rings is 9. The van der Waals surface area contributed by atoms with Crippen molar-refractivity contribution >= 4 is 50.5 Å². The molecule has 65 heavy (non-hydrogen) atoms. The molecular formula is C63H52N2. The topological polar surface area (TPSA) is 6.48 Å². The van der Waals surface area contributed by atoms with E-state index in [9.17, 15) is 0 Å². The van der Waals surface area contributed by atoms with Crippen LogP contribution < -0.4 is 9.80 Å². The van der Waals surface area contributed by atoms with Crippen LogP contribution in [0, 0.1) is 5.92 Å². The van der Waals surface area contributed by atoms with Crippen molar-refractivity contribution in [2.45, 2.75) is 38.5 Å². The summed E-state index contributed by atoms with van der Waals surface area (Å²) in [6.07, 6.45) is 8.11. The van der Waals surface area contributed by atoms with Gasteiger partial charge in [-0.3, -0.25) is 0 Å². The lowest BCUT2D eigenvalue weighted by Gasteiger charge is -2.34. The molecule has 0 heterocycles. The first kappa shape index (κ1) is 40.1. The zero-order valence-corrected chi connectivity index (χ0v) is 37.3. The predicted octanol–water partition coefficient (Wildman–Crippen LogP) is 17.5. The number of allylic oxidation sites excluding steroid dienone is 4. The van der Waals surface area contributed by atoms with Crippen molar-refractivity contribution in [3.8, 4) is 22.3 Å². The van der Waals surface area contributed by atoms with Gasteiger partial charge in [0.05, 0.1) is 5.69 Å². The lowest BCUT2D eigenvalue weighted by molar-refractivity contribution is 0.414. The van der Waals surface area contributed by atoms with Gasteiger partial charge in [0.15, 0.2) is 0 Å². The van der Waals surface area contributed by atoms with E-state index in [2.05, 4.69) is 267 Å². The molecule has 2 unspecified atom stereocenters. The first-order chi connectivity index (χ1) is 32.0. The SMILES string of the molecule is CC(C)C1(C)c2ccccc2-c2ccc(N(c3ccccc3)c3ccccc3C3C=CC(c4ccccc4N(c4ccccc4)c4ccc(-c5cccc6ccccc56)cc4)=CC3)cc21.